The highest BCUT2D eigenvalue weighted by atomic mass is 35.5. The number of piperidine rings is 1. The Morgan fingerprint density at radius 1 is 1.05 bits per heavy atom. The van der Waals surface area contributed by atoms with Crippen molar-refractivity contribution in [3.8, 4) is 11.5 Å². The third-order valence-corrected chi connectivity index (χ3v) is 4.49. The first-order chi connectivity index (χ1) is 10.3. The fraction of sp³-hybridized carbons (Fsp3) is 0.500. The van der Waals surface area contributed by atoms with E-state index in [1.807, 2.05) is 0 Å². The van der Waals surface area contributed by atoms with Gasteiger partial charge in [0.15, 0.2) is 5.82 Å². The van der Waals surface area contributed by atoms with Crippen LogP contribution in [-0.4, -0.2) is 34.2 Å². The van der Waals surface area contributed by atoms with E-state index in [2.05, 4.69) is 15.0 Å². The predicted molar refractivity (Wildman–Crippen MR) is 83.5 cm³/mol. The SMILES string of the molecule is Cl.Fc1ccc(-c2nc(C3CCN(C4CC4)CC3)no2)cc1. The van der Waals surface area contributed by atoms with Gasteiger partial charge in [-0.05, 0) is 63.0 Å². The Hall–Kier alpha value is -1.46. The number of benzene rings is 1. The van der Waals surface area contributed by atoms with Gasteiger partial charge in [0.05, 0.1) is 0 Å². The van der Waals surface area contributed by atoms with Crippen LogP contribution in [0.5, 0.6) is 0 Å². The van der Waals surface area contributed by atoms with Crippen molar-refractivity contribution in [2.45, 2.75) is 37.6 Å². The monoisotopic (exact) mass is 323 g/mol. The summed E-state index contributed by atoms with van der Waals surface area (Å²) >= 11 is 0. The minimum absolute atomic E-state index is 0. The van der Waals surface area contributed by atoms with Gasteiger partial charge < -0.3 is 9.42 Å². The topological polar surface area (TPSA) is 42.2 Å². The summed E-state index contributed by atoms with van der Waals surface area (Å²) in [6, 6.07) is 7.00. The lowest BCUT2D eigenvalue weighted by Gasteiger charge is -2.30. The Balaban J connectivity index is 0.00000144. The van der Waals surface area contributed by atoms with Crippen LogP contribution < -0.4 is 0 Å². The zero-order chi connectivity index (χ0) is 14.2. The molecule has 0 radical (unpaired) electrons. The van der Waals surface area contributed by atoms with Crippen molar-refractivity contribution in [3.05, 3.63) is 35.9 Å². The standard InChI is InChI=1S/C16H18FN3O.ClH/c17-13-3-1-12(2-4-13)16-18-15(19-21-16)11-7-9-20(10-8-11)14-5-6-14;/h1-4,11,14H,5-10H2;1H. The molecule has 0 bridgehead atoms. The smallest absolute Gasteiger partial charge is 0.257 e. The van der Waals surface area contributed by atoms with Gasteiger partial charge in [-0.1, -0.05) is 5.16 Å². The molecule has 0 N–H and O–H groups in total. The number of likely N-dealkylation sites (tertiary alicyclic amines) is 1. The molecule has 2 aromatic rings. The Kier molecular flexibility index (Phi) is 4.45. The normalized spacial score (nSPS) is 19.9. The summed E-state index contributed by atoms with van der Waals surface area (Å²) in [7, 11) is 0. The molecule has 4 rings (SSSR count). The van der Waals surface area contributed by atoms with E-state index in [4.69, 9.17) is 4.52 Å². The molecule has 1 aromatic carbocycles. The largest absolute Gasteiger partial charge is 0.334 e. The van der Waals surface area contributed by atoms with E-state index >= 15 is 0 Å². The van der Waals surface area contributed by atoms with Gasteiger partial charge in [-0.3, -0.25) is 0 Å². The molecule has 0 unspecified atom stereocenters. The first-order valence-corrected chi connectivity index (χ1v) is 7.63. The van der Waals surface area contributed by atoms with Gasteiger partial charge in [0, 0.05) is 17.5 Å². The summed E-state index contributed by atoms with van der Waals surface area (Å²) in [4.78, 5) is 7.08. The second-order valence-electron chi connectivity index (χ2n) is 6.01. The highest BCUT2D eigenvalue weighted by Gasteiger charge is 2.33. The predicted octanol–water partition coefficient (Wildman–Crippen LogP) is 3.64. The molecule has 118 valence electrons. The maximum atomic E-state index is 12.9. The highest BCUT2D eigenvalue weighted by Crippen LogP contribution is 2.34. The van der Waals surface area contributed by atoms with Gasteiger partial charge in [-0.25, -0.2) is 4.39 Å². The maximum Gasteiger partial charge on any atom is 0.257 e. The van der Waals surface area contributed by atoms with Crippen LogP contribution in [0.4, 0.5) is 4.39 Å². The second kappa shape index (κ2) is 6.34. The van der Waals surface area contributed by atoms with Gasteiger partial charge in [0.25, 0.3) is 5.89 Å². The van der Waals surface area contributed by atoms with E-state index in [0.29, 0.717) is 11.8 Å². The van der Waals surface area contributed by atoms with Gasteiger partial charge in [-0.15, -0.1) is 12.4 Å². The molecule has 1 aromatic heterocycles. The van der Waals surface area contributed by atoms with E-state index in [1.165, 1.54) is 25.0 Å². The average Bonchev–Trinajstić information content (AvgIpc) is 3.26. The van der Waals surface area contributed by atoms with Crippen LogP contribution in [0.3, 0.4) is 0 Å². The molecular weight excluding hydrogens is 305 g/mol. The third-order valence-electron chi connectivity index (χ3n) is 4.49. The van der Waals surface area contributed by atoms with E-state index < -0.39 is 0 Å². The minimum atomic E-state index is -0.258. The molecule has 1 saturated carbocycles. The molecule has 1 aliphatic carbocycles. The van der Waals surface area contributed by atoms with Crippen LogP contribution in [-0.2, 0) is 0 Å². The molecular formula is C16H19ClFN3O. The number of hydrogen-bond donors (Lipinski definition) is 0. The first-order valence-electron chi connectivity index (χ1n) is 7.63. The summed E-state index contributed by atoms with van der Waals surface area (Å²) < 4.78 is 18.3. The lowest BCUT2D eigenvalue weighted by Crippen LogP contribution is -2.34. The number of rotatable bonds is 3. The minimum Gasteiger partial charge on any atom is -0.334 e. The third kappa shape index (κ3) is 3.15. The number of hydrogen-bond acceptors (Lipinski definition) is 4. The van der Waals surface area contributed by atoms with Crippen LogP contribution >= 0.6 is 12.4 Å². The van der Waals surface area contributed by atoms with Crippen LogP contribution in [0.2, 0.25) is 0 Å². The summed E-state index contributed by atoms with van der Waals surface area (Å²) in [5.74, 6) is 1.41. The quantitative estimate of drug-likeness (QED) is 0.865. The van der Waals surface area contributed by atoms with Crippen LogP contribution in [0.1, 0.15) is 37.4 Å². The zero-order valence-electron chi connectivity index (χ0n) is 12.2. The Bertz CT molecular complexity index is 619. The average molecular weight is 324 g/mol. The Labute approximate surface area is 135 Å². The van der Waals surface area contributed by atoms with Crippen LogP contribution in [0, 0.1) is 5.82 Å². The van der Waals surface area contributed by atoms with E-state index in [-0.39, 0.29) is 18.2 Å². The van der Waals surface area contributed by atoms with E-state index in [1.54, 1.807) is 12.1 Å². The van der Waals surface area contributed by atoms with Gasteiger partial charge in [0.2, 0.25) is 0 Å². The molecule has 2 aliphatic rings. The fourth-order valence-corrected chi connectivity index (χ4v) is 3.07. The molecule has 22 heavy (non-hydrogen) atoms. The van der Waals surface area contributed by atoms with Crippen molar-refractivity contribution in [2.24, 2.45) is 0 Å². The molecule has 1 saturated heterocycles. The van der Waals surface area contributed by atoms with Crippen molar-refractivity contribution in [2.75, 3.05) is 13.1 Å². The molecule has 0 atom stereocenters. The summed E-state index contributed by atoms with van der Waals surface area (Å²) in [5.41, 5.74) is 0.769. The van der Waals surface area contributed by atoms with Crippen LogP contribution in [0.25, 0.3) is 11.5 Å². The molecule has 4 nitrogen and oxygen atoms in total. The van der Waals surface area contributed by atoms with Crippen molar-refractivity contribution in [3.63, 3.8) is 0 Å². The van der Waals surface area contributed by atoms with Crippen molar-refractivity contribution in [1.29, 1.82) is 0 Å². The van der Waals surface area contributed by atoms with Gasteiger partial charge in [-0.2, -0.15) is 4.98 Å². The van der Waals surface area contributed by atoms with Gasteiger partial charge in [0.1, 0.15) is 5.82 Å². The number of halogens is 2. The maximum absolute atomic E-state index is 12.9. The first kappa shape index (κ1) is 15.4. The molecule has 1 aliphatic heterocycles. The van der Waals surface area contributed by atoms with Crippen molar-refractivity contribution < 1.29 is 8.91 Å². The second-order valence-corrected chi connectivity index (χ2v) is 6.01. The van der Waals surface area contributed by atoms with E-state index in [9.17, 15) is 4.39 Å². The molecule has 2 fully saturated rings. The zero-order valence-corrected chi connectivity index (χ0v) is 13.1. The van der Waals surface area contributed by atoms with Gasteiger partial charge >= 0.3 is 0 Å². The molecule has 0 spiro atoms. The van der Waals surface area contributed by atoms with Crippen molar-refractivity contribution >= 4 is 12.4 Å². The van der Waals surface area contributed by atoms with Crippen molar-refractivity contribution in [1.82, 2.24) is 15.0 Å². The molecule has 2 heterocycles. The summed E-state index contributed by atoms with van der Waals surface area (Å²) in [6.07, 6.45) is 4.92. The highest BCUT2D eigenvalue weighted by molar-refractivity contribution is 5.85. The summed E-state index contributed by atoms with van der Waals surface area (Å²) in [6.45, 7) is 2.27. The lowest BCUT2D eigenvalue weighted by atomic mass is 9.96. The summed E-state index contributed by atoms with van der Waals surface area (Å²) in [5, 5.41) is 4.13. The molecule has 0 amide bonds. The fourth-order valence-electron chi connectivity index (χ4n) is 3.07. The number of nitrogens with zero attached hydrogens (tertiary/aromatic N) is 3. The Morgan fingerprint density at radius 2 is 1.73 bits per heavy atom. The van der Waals surface area contributed by atoms with Crippen LogP contribution in [0.15, 0.2) is 28.8 Å². The lowest BCUT2D eigenvalue weighted by molar-refractivity contribution is 0.199. The molecule has 6 heteroatoms. The Morgan fingerprint density at radius 3 is 2.36 bits per heavy atom. The number of aromatic nitrogens is 2. The van der Waals surface area contributed by atoms with E-state index in [0.717, 1.165) is 43.4 Å².